The zero-order valence-corrected chi connectivity index (χ0v) is 15.1. The van der Waals surface area contributed by atoms with E-state index in [0.717, 1.165) is 74.3 Å². The van der Waals surface area contributed by atoms with Gasteiger partial charge in [-0.15, -0.1) is 0 Å². The van der Waals surface area contributed by atoms with Crippen LogP contribution in [0.1, 0.15) is 31.5 Å². The maximum Gasteiger partial charge on any atom is 0.190 e. The lowest BCUT2D eigenvalue weighted by molar-refractivity contribution is 0.123. The van der Waals surface area contributed by atoms with Crippen LogP contribution in [0.25, 0.3) is 11.0 Å². The van der Waals surface area contributed by atoms with E-state index in [2.05, 4.69) is 31.7 Å². The normalized spacial score (nSPS) is 14.8. The van der Waals surface area contributed by atoms with Crippen molar-refractivity contribution in [1.29, 1.82) is 0 Å². The maximum absolute atomic E-state index is 5.63. The summed E-state index contributed by atoms with van der Waals surface area (Å²) >= 11 is 0. The molecule has 0 radical (unpaired) electrons. The summed E-state index contributed by atoms with van der Waals surface area (Å²) in [6, 6.07) is 8.14. The van der Waals surface area contributed by atoms with E-state index < -0.39 is 0 Å². The maximum atomic E-state index is 5.63. The molecule has 1 saturated carbocycles. The molecular formula is C19H29N5O. The zero-order valence-electron chi connectivity index (χ0n) is 15.1. The largest absolute Gasteiger partial charge is 0.381 e. The van der Waals surface area contributed by atoms with E-state index in [-0.39, 0.29) is 0 Å². The fourth-order valence-corrected chi connectivity index (χ4v) is 2.72. The third-order valence-electron chi connectivity index (χ3n) is 4.35. The van der Waals surface area contributed by atoms with Crippen LogP contribution in [0.15, 0.2) is 29.3 Å². The Balaban J connectivity index is 1.26. The summed E-state index contributed by atoms with van der Waals surface area (Å²) in [5, 5.41) is 6.68. The number of fused-ring (bicyclic) bond motifs is 1. The van der Waals surface area contributed by atoms with Gasteiger partial charge >= 0.3 is 0 Å². The fourth-order valence-electron chi connectivity index (χ4n) is 2.72. The third-order valence-corrected chi connectivity index (χ3v) is 4.35. The number of aromatic amines is 1. The second kappa shape index (κ2) is 9.42. The number of nitrogens with one attached hydrogen (secondary N) is 3. The molecule has 136 valence electrons. The Labute approximate surface area is 149 Å². The highest BCUT2D eigenvalue weighted by molar-refractivity contribution is 5.79. The van der Waals surface area contributed by atoms with Crippen molar-refractivity contribution in [3.63, 3.8) is 0 Å². The highest BCUT2D eigenvalue weighted by atomic mass is 16.5. The number of H-pyrrole nitrogens is 1. The smallest absolute Gasteiger partial charge is 0.190 e. The molecule has 0 saturated heterocycles. The van der Waals surface area contributed by atoms with Crippen molar-refractivity contribution in [1.82, 2.24) is 20.6 Å². The summed E-state index contributed by atoms with van der Waals surface area (Å²) in [4.78, 5) is 12.2. The predicted molar refractivity (Wildman–Crippen MR) is 102 cm³/mol. The van der Waals surface area contributed by atoms with E-state index in [0.29, 0.717) is 0 Å². The van der Waals surface area contributed by atoms with Crippen molar-refractivity contribution in [2.75, 3.05) is 33.4 Å². The summed E-state index contributed by atoms with van der Waals surface area (Å²) in [6.07, 6.45) is 5.64. The number of rotatable bonds is 10. The summed E-state index contributed by atoms with van der Waals surface area (Å²) in [6.45, 7) is 3.52. The first-order valence-electron chi connectivity index (χ1n) is 9.31. The summed E-state index contributed by atoms with van der Waals surface area (Å²) in [5.74, 6) is 2.74. The number of imidazole rings is 1. The summed E-state index contributed by atoms with van der Waals surface area (Å²) in [7, 11) is 1.80. The van der Waals surface area contributed by atoms with Gasteiger partial charge in [-0.3, -0.25) is 4.99 Å². The van der Waals surface area contributed by atoms with Gasteiger partial charge in [0.2, 0.25) is 0 Å². The summed E-state index contributed by atoms with van der Waals surface area (Å²) in [5.41, 5.74) is 2.14. The molecule has 2 aromatic rings. The van der Waals surface area contributed by atoms with Crippen LogP contribution in [0.2, 0.25) is 0 Å². The van der Waals surface area contributed by atoms with Gasteiger partial charge in [-0.25, -0.2) is 4.98 Å². The lowest BCUT2D eigenvalue weighted by Gasteiger charge is -2.11. The Hall–Kier alpha value is -2.08. The number of para-hydroxylation sites is 2. The van der Waals surface area contributed by atoms with Crippen LogP contribution in [0.3, 0.4) is 0 Å². The molecule has 25 heavy (non-hydrogen) atoms. The van der Waals surface area contributed by atoms with Crippen molar-refractivity contribution in [3.05, 3.63) is 30.1 Å². The van der Waals surface area contributed by atoms with Crippen LogP contribution in [0.4, 0.5) is 0 Å². The van der Waals surface area contributed by atoms with Crippen molar-refractivity contribution in [3.8, 4) is 0 Å². The number of ether oxygens (including phenoxy) is 1. The number of benzene rings is 1. The minimum atomic E-state index is 0.826. The molecular weight excluding hydrogens is 314 g/mol. The van der Waals surface area contributed by atoms with Gasteiger partial charge in [0.15, 0.2) is 5.96 Å². The Morgan fingerprint density at radius 1 is 1.24 bits per heavy atom. The number of aromatic nitrogens is 2. The van der Waals surface area contributed by atoms with Gasteiger partial charge in [0.25, 0.3) is 0 Å². The monoisotopic (exact) mass is 343 g/mol. The van der Waals surface area contributed by atoms with Crippen molar-refractivity contribution < 1.29 is 4.74 Å². The number of nitrogens with zero attached hydrogens (tertiary/aromatic N) is 2. The van der Waals surface area contributed by atoms with Crippen molar-refractivity contribution in [2.45, 2.75) is 32.1 Å². The standard InChI is InChI=1S/C19H29N5O/c1-20-19(22-12-5-13-25-14-15-9-10-15)21-11-4-8-18-23-16-6-2-3-7-17(16)24-18/h2-3,6-7,15H,4-5,8-14H2,1H3,(H,23,24)(H2,20,21,22). The SMILES string of the molecule is CN=C(NCCCOCC1CC1)NCCCc1nc2ccccc2[nH]1. The van der Waals surface area contributed by atoms with E-state index in [1.807, 2.05) is 18.2 Å². The van der Waals surface area contributed by atoms with Crippen LogP contribution in [0, 0.1) is 5.92 Å². The molecule has 1 aliphatic rings. The van der Waals surface area contributed by atoms with Gasteiger partial charge in [0.05, 0.1) is 11.0 Å². The molecule has 1 aromatic carbocycles. The van der Waals surface area contributed by atoms with E-state index in [9.17, 15) is 0 Å². The molecule has 1 aliphatic carbocycles. The lowest BCUT2D eigenvalue weighted by atomic mass is 10.3. The number of aliphatic imine (C=N–C) groups is 1. The van der Waals surface area contributed by atoms with Crippen molar-refractivity contribution in [2.24, 2.45) is 10.9 Å². The minimum absolute atomic E-state index is 0.826. The van der Waals surface area contributed by atoms with Gasteiger partial charge in [0, 0.05) is 39.8 Å². The average Bonchev–Trinajstić information content (AvgIpc) is 3.36. The van der Waals surface area contributed by atoms with E-state index >= 15 is 0 Å². The highest BCUT2D eigenvalue weighted by Crippen LogP contribution is 2.28. The third kappa shape index (κ3) is 6.05. The Morgan fingerprint density at radius 3 is 2.80 bits per heavy atom. The lowest BCUT2D eigenvalue weighted by Crippen LogP contribution is -2.38. The van der Waals surface area contributed by atoms with Crippen LogP contribution in [-0.4, -0.2) is 49.3 Å². The van der Waals surface area contributed by atoms with Crippen LogP contribution >= 0.6 is 0 Å². The Bertz CT molecular complexity index is 644. The van der Waals surface area contributed by atoms with Gasteiger partial charge in [0.1, 0.15) is 5.82 Å². The van der Waals surface area contributed by atoms with E-state index in [1.165, 1.54) is 12.8 Å². The number of hydrogen-bond donors (Lipinski definition) is 3. The van der Waals surface area contributed by atoms with Gasteiger partial charge in [-0.1, -0.05) is 12.1 Å². The number of guanidine groups is 1. The Morgan fingerprint density at radius 2 is 2.04 bits per heavy atom. The summed E-state index contributed by atoms with van der Waals surface area (Å²) < 4.78 is 5.63. The predicted octanol–water partition coefficient (Wildman–Crippen LogP) is 2.48. The average molecular weight is 343 g/mol. The number of aryl methyl sites for hydroxylation is 1. The van der Waals surface area contributed by atoms with Crippen LogP contribution < -0.4 is 10.6 Å². The molecule has 1 heterocycles. The van der Waals surface area contributed by atoms with E-state index in [1.54, 1.807) is 7.05 Å². The molecule has 0 spiro atoms. The first-order valence-corrected chi connectivity index (χ1v) is 9.31. The molecule has 3 rings (SSSR count). The number of hydrogen-bond acceptors (Lipinski definition) is 3. The molecule has 6 heteroatoms. The van der Waals surface area contributed by atoms with Gasteiger partial charge in [-0.05, 0) is 43.7 Å². The minimum Gasteiger partial charge on any atom is -0.381 e. The first-order chi connectivity index (χ1) is 12.3. The molecule has 1 fully saturated rings. The second-order valence-electron chi connectivity index (χ2n) is 6.60. The molecule has 1 aromatic heterocycles. The van der Waals surface area contributed by atoms with Gasteiger partial charge < -0.3 is 20.4 Å². The quantitative estimate of drug-likeness (QED) is 0.352. The molecule has 3 N–H and O–H groups in total. The van der Waals surface area contributed by atoms with Crippen LogP contribution in [-0.2, 0) is 11.2 Å². The van der Waals surface area contributed by atoms with Crippen molar-refractivity contribution >= 4 is 17.0 Å². The molecule has 0 bridgehead atoms. The van der Waals surface area contributed by atoms with Crippen LogP contribution in [0.5, 0.6) is 0 Å². The highest BCUT2D eigenvalue weighted by Gasteiger charge is 2.20. The molecule has 0 amide bonds. The second-order valence-corrected chi connectivity index (χ2v) is 6.60. The fraction of sp³-hybridized carbons (Fsp3) is 0.579. The molecule has 0 atom stereocenters. The molecule has 6 nitrogen and oxygen atoms in total. The molecule has 0 aliphatic heterocycles. The van der Waals surface area contributed by atoms with Gasteiger partial charge in [-0.2, -0.15) is 0 Å². The first kappa shape index (κ1) is 17.7. The zero-order chi connectivity index (χ0) is 17.3. The Kier molecular flexibility index (Phi) is 6.68. The topological polar surface area (TPSA) is 74.3 Å². The molecule has 0 unspecified atom stereocenters. The van der Waals surface area contributed by atoms with E-state index in [4.69, 9.17) is 4.74 Å².